The summed E-state index contributed by atoms with van der Waals surface area (Å²) in [6, 6.07) is 13.0. The predicted octanol–water partition coefficient (Wildman–Crippen LogP) is 4.08. The molecule has 0 aromatic heterocycles. The molecule has 3 N–H and O–H groups in total. The quantitative estimate of drug-likeness (QED) is 0.331. The van der Waals surface area contributed by atoms with Gasteiger partial charge in [0.05, 0.1) is 0 Å². The molecule has 0 aliphatic carbocycles. The number of nitrogens with zero attached hydrogens (tertiary/aromatic N) is 1. The largest absolute Gasteiger partial charge is 0.353 e. The first kappa shape index (κ1) is 31.6. The number of fused-ring (bicyclic) bond motifs is 1. The van der Waals surface area contributed by atoms with Crippen LogP contribution in [0, 0.1) is 11.8 Å². The summed E-state index contributed by atoms with van der Waals surface area (Å²) in [5, 5.41) is 11.6. The summed E-state index contributed by atoms with van der Waals surface area (Å²) >= 11 is 0. The fraction of sp³-hybridized carbons (Fsp3) is 0.567. The van der Waals surface area contributed by atoms with Gasteiger partial charge in [-0.05, 0) is 54.5 Å². The van der Waals surface area contributed by atoms with Gasteiger partial charge in [-0.1, -0.05) is 70.2 Å². The zero-order chi connectivity index (χ0) is 26.8. The fourth-order valence-electron chi connectivity index (χ4n) is 5.04. The molecule has 3 rings (SSSR count). The highest BCUT2D eigenvalue weighted by Gasteiger charge is 2.37. The number of hydrogen-bond acceptors (Lipinski definition) is 4. The first-order valence-electron chi connectivity index (χ1n) is 13.9. The van der Waals surface area contributed by atoms with Crippen LogP contribution in [-0.4, -0.2) is 60.9 Å². The third-order valence-electron chi connectivity index (χ3n) is 7.21. The second-order valence-electron chi connectivity index (χ2n) is 10.5. The van der Waals surface area contributed by atoms with Gasteiger partial charge in [0.25, 0.3) is 0 Å². The van der Waals surface area contributed by atoms with Crippen molar-refractivity contribution in [3.63, 3.8) is 0 Å². The van der Waals surface area contributed by atoms with Gasteiger partial charge >= 0.3 is 0 Å². The monoisotopic (exact) mass is 544 g/mol. The lowest BCUT2D eigenvalue weighted by Gasteiger charge is -2.29. The van der Waals surface area contributed by atoms with Gasteiger partial charge in [0.2, 0.25) is 17.7 Å². The van der Waals surface area contributed by atoms with E-state index >= 15 is 0 Å². The van der Waals surface area contributed by atoms with E-state index in [-0.39, 0.29) is 36.0 Å². The molecule has 1 saturated heterocycles. The molecule has 1 aliphatic heterocycles. The number of carbonyl (C=O) groups is 3. The lowest BCUT2D eigenvalue weighted by Crippen LogP contribution is -2.54. The van der Waals surface area contributed by atoms with Crippen molar-refractivity contribution in [3.05, 3.63) is 48.0 Å². The molecule has 0 radical (unpaired) electrons. The Balaban J connectivity index is 0.00000507. The van der Waals surface area contributed by atoms with Crippen LogP contribution in [0.4, 0.5) is 0 Å². The van der Waals surface area contributed by atoms with Crippen LogP contribution in [0.2, 0.25) is 0 Å². The van der Waals surface area contributed by atoms with Crippen molar-refractivity contribution in [1.82, 2.24) is 20.9 Å². The van der Waals surface area contributed by atoms with Crippen molar-refractivity contribution in [3.8, 4) is 0 Å². The topological polar surface area (TPSA) is 90.5 Å². The molecule has 3 amide bonds. The second kappa shape index (κ2) is 15.7. The number of benzene rings is 2. The molecule has 0 spiro atoms. The Kier molecular flexibility index (Phi) is 13.0. The zero-order valence-corrected chi connectivity index (χ0v) is 24.1. The Labute approximate surface area is 233 Å². The Hall–Kier alpha value is -2.64. The minimum absolute atomic E-state index is 0. The van der Waals surface area contributed by atoms with E-state index in [0.717, 1.165) is 42.1 Å². The zero-order valence-electron chi connectivity index (χ0n) is 23.3. The van der Waals surface area contributed by atoms with Crippen molar-refractivity contribution in [2.24, 2.45) is 11.8 Å². The van der Waals surface area contributed by atoms with Crippen LogP contribution in [0.5, 0.6) is 0 Å². The molecule has 1 fully saturated rings. The molecular formula is C30H45ClN4O3. The fourth-order valence-corrected chi connectivity index (χ4v) is 5.04. The van der Waals surface area contributed by atoms with E-state index in [0.29, 0.717) is 38.4 Å². The van der Waals surface area contributed by atoms with E-state index in [1.807, 2.05) is 44.2 Å². The number of amides is 3. The number of halogens is 1. The third-order valence-corrected chi connectivity index (χ3v) is 7.21. The smallest absolute Gasteiger partial charge is 0.243 e. The van der Waals surface area contributed by atoms with Crippen molar-refractivity contribution < 1.29 is 14.4 Å². The average molecular weight is 545 g/mol. The molecular weight excluding hydrogens is 500 g/mol. The highest BCUT2D eigenvalue weighted by atomic mass is 35.5. The SMILES string of the molecule is CCC(CC)C(=O)N1CCCC1C(=O)N[C@H](Cc1ccc2ccccc2c1)C(=O)NCCNCC(C)C.Cl. The first-order chi connectivity index (χ1) is 17.8. The lowest BCUT2D eigenvalue weighted by molar-refractivity contribution is -0.142. The van der Waals surface area contributed by atoms with Gasteiger partial charge in [0.15, 0.2) is 0 Å². The van der Waals surface area contributed by atoms with Crippen molar-refractivity contribution in [1.29, 1.82) is 0 Å². The predicted molar refractivity (Wildman–Crippen MR) is 156 cm³/mol. The van der Waals surface area contributed by atoms with Gasteiger partial charge in [-0.25, -0.2) is 0 Å². The lowest BCUT2D eigenvalue weighted by atomic mass is 10.00. The number of rotatable bonds is 13. The van der Waals surface area contributed by atoms with Crippen LogP contribution in [0.3, 0.4) is 0 Å². The summed E-state index contributed by atoms with van der Waals surface area (Å²) in [5.41, 5.74) is 0.980. The van der Waals surface area contributed by atoms with Gasteiger partial charge in [-0.2, -0.15) is 0 Å². The summed E-state index contributed by atoms with van der Waals surface area (Å²) in [5.74, 6) is 0.0740. The molecule has 1 unspecified atom stereocenters. The number of likely N-dealkylation sites (tertiary alicyclic amines) is 1. The van der Waals surface area contributed by atoms with Crippen LogP contribution in [0.1, 0.15) is 58.9 Å². The van der Waals surface area contributed by atoms with E-state index in [4.69, 9.17) is 0 Å². The molecule has 38 heavy (non-hydrogen) atoms. The number of carbonyl (C=O) groups excluding carboxylic acids is 3. The Morgan fingerprint density at radius 1 is 1.00 bits per heavy atom. The van der Waals surface area contributed by atoms with E-state index in [2.05, 4.69) is 41.9 Å². The van der Waals surface area contributed by atoms with Crippen molar-refractivity contribution in [2.45, 2.75) is 71.9 Å². The maximum absolute atomic E-state index is 13.4. The molecule has 0 saturated carbocycles. The van der Waals surface area contributed by atoms with Crippen LogP contribution in [0.25, 0.3) is 10.8 Å². The Bertz CT molecular complexity index is 1060. The number of nitrogens with one attached hydrogen (secondary N) is 3. The molecule has 1 heterocycles. The van der Waals surface area contributed by atoms with Crippen LogP contribution >= 0.6 is 12.4 Å². The highest BCUT2D eigenvalue weighted by Crippen LogP contribution is 2.23. The molecule has 210 valence electrons. The molecule has 2 atom stereocenters. The molecule has 8 heteroatoms. The van der Waals surface area contributed by atoms with Crippen LogP contribution in [-0.2, 0) is 20.8 Å². The summed E-state index contributed by atoms with van der Waals surface area (Å²) in [6.45, 7) is 10.9. The minimum Gasteiger partial charge on any atom is -0.353 e. The van der Waals surface area contributed by atoms with Gasteiger partial charge < -0.3 is 20.9 Å². The van der Waals surface area contributed by atoms with Crippen molar-refractivity contribution in [2.75, 3.05) is 26.2 Å². The minimum atomic E-state index is -0.718. The Morgan fingerprint density at radius 2 is 1.71 bits per heavy atom. The van der Waals surface area contributed by atoms with E-state index < -0.39 is 12.1 Å². The van der Waals surface area contributed by atoms with E-state index in [1.165, 1.54) is 0 Å². The van der Waals surface area contributed by atoms with Gasteiger partial charge in [-0.15, -0.1) is 12.4 Å². The molecule has 7 nitrogen and oxygen atoms in total. The summed E-state index contributed by atoms with van der Waals surface area (Å²) in [4.78, 5) is 41.5. The summed E-state index contributed by atoms with van der Waals surface area (Å²) < 4.78 is 0. The highest BCUT2D eigenvalue weighted by molar-refractivity contribution is 5.93. The maximum atomic E-state index is 13.4. The molecule has 2 aromatic rings. The van der Waals surface area contributed by atoms with Crippen LogP contribution in [0.15, 0.2) is 42.5 Å². The van der Waals surface area contributed by atoms with Gasteiger partial charge in [-0.3, -0.25) is 14.4 Å². The Morgan fingerprint density at radius 3 is 2.39 bits per heavy atom. The summed E-state index contributed by atoms with van der Waals surface area (Å²) in [7, 11) is 0. The second-order valence-corrected chi connectivity index (χ2v) is 10.5. The molecule has 1 aliphatic rings. The summed E-state index contributed by atoms with van der Waals surface area (Å²) in [6.07, 6.45) is 3.33. The van der Waals surface area contributed by atoms with Gasteiger partial charge in [0, 0.05) is 32.0 Å². The van der Waals surface area contributed by atoms with Gasteiger partial charge in [0.1, 0.15) is 12.1 Å². The standard InChI is InChI=1S/C30H44N4O3.ClH/c1-5-23(6-2)30(37)34-17-9-12-27(34)29(36)33-26(28(35)32-16-15-31-20-21(3)4)19-22-13-14-24-10-7-8-11-25(24)18-22;/h7-8,10-11,13-14,18,21,23,26-27,31H,5-6,9,12,15-17,19-20H2,1-4H3,(H,32,35)(H,33,36);1H/t26-,27?;/m1./s1. The van der Waals surface area contributed by atoms with Crippen molar-refractivity contribution >= 4 is 40.9 Å². The van der Waals surface area contributed by atoms with Crippen LogP contribution < -0.4 is 16.0 Å². The van der Waals surface area contributed by atoms with E-state index in [1.54, 1.807) is 4.90 Å². The maximum Gasteiger partial charge on any atom is 0.243 e. The molecule has 2 aromatic carbocycles. The molecule has 0 bridgehead atoms. The average Bonchev–Trinajstić information content (AvgIpc) is 3.38. The normalized spacial score (nSPS) is 15.9. The van der Waals surface area contributed by atoms with E-state index in [9.17, 15) is 14.4 Å². The number of hydrogen-bond donors (Lipinski definition) is 3. The first-order valence-corrected chi connectivity index (χ1v) is 13.9. The third kappa shape index (κ3) is 8.70.